The number of benzene rings is 8. The first kappa shape index (κ1) is 31.5. The van der Waals surface area contributed by atoms with Crippen molar-refractivity contribution in [2.75, 3.05) is 0 Å². The molecular weight excluding hydrogens is 699 g/mol. The van der Waals surface area contributed by atoms with E-state index in [1.807, 2.05) is 12.1 Å². The standard InChI is InChI=1S/C51H31N5O/c1-2-14-32(15-3-1)33-16-12-17-34(30-33)49-52-50(54-51(53-49)56-45-26-10-6-20-38(45)39-21-7-11-27-46(39)56)42-23-13-22-41-40-29-28-35(31-47(40)57-48(41)42)55-43-24-8-4-18-36(43)37-19-5-9-25-44(37)55/h1-31H. The second-order valence-electron chi connectivity index (χ2n) is 14.4. The van der Waals surface area contributed by atoms with Crippen molar-refractivity contribution in [3.8, 4) is 45.5 Å². The Morgan fingerprint density at radius 3 is 1.54 bits per heavy atom. The molecule has 0 fully saturated rings. The molecule has 0 radical (unpaired) electrons. The van der Waals surface area contributed by atoms with Crippen LogP contribution in [0.5, 0.6) is 0 Å². The normalized spacial score (nSPS) is 11.9. The molecule has 8 aromatic carbocycles. The molecular formula is C51H31N5O. The third-order valence-electron chi connectivity index (χ3n) is 11.2. The maximum atomic E-state index is 6.87. The monoisotopic (exact) mass is 729 g/mol. The summed E-state index contributed by atoms with van der Waals surface area (Å²) in [4.78, 5) is 15.7. The van der Waals surface area contributed by atoms with E-state index >= 15 is 0 Å². The predicted octanol–water partition coefficient (Wildman–Crippen LogP) is 13.0. The first-order chi connectivity index (χ1) is 28.3. The highest BCUT2D eigenvalue weighted by atomic mass is 16.3. The predicted molar refractivity (Wildman–Crippen MR) is 232 cm³/mol. The van der Waals surface area contributed by atoms with Crippen LogP contribution >= 0.6 is 0 Å². The third kappa shape index (κ3) is 4.87. The van der Waals surface area contributed by atoms with Crippen molar-refractivity contribution < 1.29 is 4.42 Å². The number of rotatable bonds is 5. The van der Waals surface area contributed by atoms with Gasteiger partial charge in [0.05, 0.1) is 27.6 Å². The molecule has 12 aromatic rings. The molecule has 0 spiro atoms. The largest absolute Gasteiger partial charge is 0.455 e. The van der Waals surface area contributed by atoms with E-state index in [9.17, 15) is 0 Å². The van der Waals surface area contributed by atoms with E-state index in [2.05, 4.69) is 185 Å². The quantitative estimate of drug-likeness (QED) is 0.177. The second kappa shape index (κ2) is 12.3. The van der Waals surface area contributed by atoms with Gasteiger partial charge in [-0.1, -0.05) is 133 Å². The van der Waals surface area contributed by atoms with Gasteiger partial charge >= 0.3 is 0 Å². The zero-order valence-electron chi connectivity index (χ0n) is 30.5. The molecule has 0 saturated heterocycles. The number of furan rings is 1. The van der Waals surface area contributed by atoms with E-state index < -0.39 is 0 Å². The van der Waals surface area contributed by atoms with E-state index in [1.54, 1.807) is 0 Å². The summed E-state index contributed by atoms with van der Waals surface area (Å²) in [5.74, 6) is 1.66. The van der Waals surface area contributed by atoms with Gasteiger partial charge in [-0.25, -0.2) is 4.98 Å². The molecule has 4 aromatic heterocycles. The smallest absolute Gasteiger partial charge is 0.238 e. The molecule has 0 aliphatic carbocycles. The van der Waals surface area contributed by atoms with Gasteiger partial charge in [-0.2, -0.15) is 9.97 Å². The van der Waals surface area contributed by atoms with Crippen molar-refractivity contribution in [1.29, 1.82) is 0 Å². The Bertz CT molecular complexity index is 3430. The molecule has 6 nitrogen and oxygen atoms in total. The summed E-state index contributed by atoms with van der Waals surface area (Å²) in [6.07, 6.45) is 0. The van der Waals surface area contributed by atoms with E-state index in [0.29, 0.717) is 17.6 Å². The lowest BCUT2D eigenvalue weighted by molar-refractivity contribution is 0.669. The molecule has 0 amide bonds. The molecule has 4 heterocycles. The minimum Gasteiger partial charge on any atom is -0.455 e. The zero-order chi connectivity index (χ0) is 37.5. The van der Waals surface area contributed by atoms with Crippen molar-refractivity contribution in [2.24, 2.45) is 0 Å². The molecule has 0 atom stereocenters. The molecule has 0 aliphatic rings. The van der Waals surface area contributed by atoms with Crippen molar-refractivity contribution >= 4 is 65.6 Å². The average molecular weight is 730 g/mol. The van der Waals surface area contributed by atoms with Gasteiger partial charge in [-0.3, -0.25) is 4.57 Å². The summed E-state index contributed by atoms with van der Waals surface area (Å²) in [5.41, 5.74) is 10.8. The van der Waals surface area contributed by atoms with Gasteiger partial charge in [0.2, 0.25) is 5.95 Å². The van der Waals surface area contributed by atoms with Crippen LogP contribution in [0.3, 0.4) is 0 Å². The van der Waals surface area contributed by atoms with Crippen molar-refractivity contribution in [2.45, 2.75) is 0 Å². The van der Waals surface area contributed by atoms with E-state index in [0.717, 1.165) is 82.7 Å². The van der Waals surface area contributed by atoms with Crippen LogP contribution in [0.1, 0.15) is 0 Å². The highest BCUT2D eigenvalue weighted by molar-refractivity contribution is 6.12. The first-order valence-electron chi connectivity index (χ1n) is 19.1. The Kier molecular flexibility index (Phi) is 6.83. The molecule has 12 rings (SSSR count). The van der Waals surface area contributed by atoms with Gasteiger partial charge in [0.1, 0.15) is 11.2 Å². The number of hydrogen-bond donors (Lipinski definition) is 0. The van der Waals surface area contributed by atoms with E-state index in [-0.39, 0.29) is 0 Å². The average Bonchev–Trinajstić information content (AvgIpc) is 3.94. The zero-order valence-corrected chi connectivity index (χ0v) is 30.5. The highest BCUT2D eigenvalue weighted by Gasteiger charge is 2.21. The fourth-order valence-corrected chi connectivity index (χ4v) is 8.62. The maximum absolute atomic E-state index is 6.87. The number of nitrogens with zero attached hydrogens (tertiary/aromatic N) is 5. The summed E-state index contributed by atoms with van der Waals surface area (Å²) in [5, 5.41) is 6.76. The molecule has 0 N–H and O–H groups in total. The van der Waals surface area contributed by atoms with Crippen molar-refractivity contribution in [3.63, 3.8) is 0 Å². The van der Waals surface area contributed by atoms with Crippen molar-refractivity contribution in [1.82, 2.24) is 24.1 Å². The molecule has 0 saturated carbocycles. The molecule has 6 heteroatoms. The van der Waals surface area contributed by atoms with Crippen LogP contribution in [-0.4, -0.2) is 24.1 Å². The summed E-state index contributed by atoms with van der Waals surface area (Å²) < 4.78 is 11.3. The molecule has 0 bridgehead atoms. The van der Waals surface area contributed by atoms with E-state index in [4.69, 9.17) is 19.4 Å². The van der Waals surface area contributed by atoms with Crippen LogP contribution in [-0.2, 0) is 0 Å². The topological polar surface area (TPSA) is 61.7 Å². The summed E-state index contributed by atoms with van der Waals surface area (Å²) in [7, 11) is 0. The number of para-hydroxylation sites is 5. The fraction of sp³-hybridized carbons (Fsp3) is 0. The minimum absolute atomic E-state index is 0.536. The van der Waals surface area contributed by atoms with Gasteiger partial charge in [-0.05, 0) is 59.7 Å². The Morgan fingerprint density at radius 1 is 0.351 bits per heavy atom. The van der Waals surface area contributed by atoms with Crippen LogP contribution in [0.2, 0.25) is 0 Å². The van der Waals surface area contributed by atoms with Crippen LogP contribution in [0.4, 0.5) is 0 Å². The number of aromatic nitrogens is 5. The van der Waals surface area contributed by atoms with Crippen LogP contribution in [0, 0.1) is 0 Å². The Balaban J connectivity index is 1.09. The molecule has 0 unspecified atom stereocenters. The lowest BCUT2D eigenvalue weighted by Gasteiger charge is -2.12. The second-order valence-corrected chi connectivity index (χ2v) is 14.4. The van der Waals surface area contributed by atoms with Crippen LogP contribution in [0.15, 0.2) is 192 Å². The third-order valence-corrected chi connectivity index (χ3v) is 11.2. The lowest BCUT2D eigenvalue weighted by atomic mass is 10.0. The van der Waals surface area contributed by atoms with Crippen molar-refractivity contribution in [3.05, 3.63) is 188 Å². The summed E-state index contributed by atoms with van der Waals surface area (Å²) >= 11 is 0. The van der Waals surface area contributed by atoms with Gasteiger partial charge in [0, 0.05) is 49.6 Å². The molecule has 266 valence electrons. The maximum Gasteiger partial charge on any atom is 0.238 e. The number of fused-ring (bicyclic) bond motifs is 9. The van der Waals surface area contributed by atoms with Gasteiger partial charge in [0.15, 0.2) is 11.6 Å². The van der Waals surface area contributed by atoms with E-state index in [1.165, 1.54) is 10.8 Å². The van der Waals surface area contributed by atoms with Gasteiger partial charge < -0.3 is 8.98 Å². The number of hydrogen-bond acceptors (Lipinski definition) is 4. The Morgan fingerprint density at radius 2 is 0.877 bits per heavy atom. The van der Waals surface area contributed by atoms with Gasteiger partial charge in [0.25, 0.3) is 0 Å². The summed E-state index contributed by atoms with van der Waals surface area (Å²) in [6.45, 7) is 0. The first-order valence-corrected chi connectivity index (χ1v) is 19.1. The SMILES string of the molecule is c1ccc(-c2cccc(-c3nc(-c4cccc5c4oc4cc(-n6c7ccccc7c7ccccc76)ccc45)nc(-n4c5ccccc5c5ccccc54)n3)c2)cc1. The van der Waals surface area contributed by atoms with Crippen LogP contribution < -0.4 is 0 Å². The molecule has 57 heavy (non-hydrogen) atoms. The highest BCUT2D eigenvalue weighted by Crippen LogP contribution is 2.39. The van der Waals surface area contributed by atoms with Gasteiger partial charge in [-0.15, -0.1) is 0 Å². The fourth-order valence-electron chi connectivity index (χ4n) is 8.62. The minimum atomic E-state index is 0.536. The summed E-state index contributed by atoms with van der Waals surface area (Å²) in [6, 6.07) is 65.5. The Hall–Kier alpha value is -7.83. The molecule has 0 aliphatic heterocycles. The lowest BCUT2D eigenvalue weighted by Crippen LogP contribution is -2.06. The van der Waals surface area contributed by atoms with Crippen LogP contribution in [0.25, 0.3) is 111 Å². The Labute approximate surface area is 326 Å².